The second kappa shape index (κ2) is 11.4. The number of carbonyl (C=O) groups excluding carboxylic acids is 1. The average molecular weight is 529 g/mol. The first-order valence-electron chi connectivity index (χ1n) is 12.5. The highest BCUT2D eigenvalue weighted by Crippen LogP contribution is 2.34. The van der Waals surface area contributed by atoms with E-state index >= 15 is 4.39 Å². The Balaban J connectivity index is 1.45. The Morgan fingerprint density at radius 1 is 1.24 bits per heavy atom. The third-order valence-corrected chi connectivity index (χ3v) is 7.26. The van der Waals surface area contributed by atoms with Crippen LogP contribution in [0.15, 0.2) is 35.1 Å². The van der Waals surface area contributed by atoms with Crippen molar-refractivity contribution in [3.05, 3.63) is 52.1 Å². The van der Waals surface area contributed by atoms with E-state index in [1.54, 1.807) is 19.1 Å². The molecular weight excluding hydrogens is 495 g/mol. The summed E-state index contributed by atoms with van der Waals surface area (Å²) in [7, 11) is 2.02. The molecule has 2 fully saturated rings. The van der Waals surface area contributed by atoms with Gasteiger partial charge in [0.2, 0.25) is 11.9 Å². The number of anilines is 2. The molecule has 1 atom stereocenters. The maximum atomic E-state index is 15.2. The van der Waals surface area contributed by atoms with Crippen LogP contribution in [0.5, 0.6) is 0 Å². The quantitative estimate of drug-likeness (QED) is 0.382. The van der Waals surface area contributed by atoms with E-state index in [-0.39, 0.29) is 46.2 Å². The van der Waals surface area contributed by atoms with Crippen LogP contribution in [0.1, 0.15) is 49.7 Å². The van der Waals surface area contributed by atoms with E-state index in [4.69, 9.17) is 23.1 Å². The third-order valence-electron chi connectivity index (χ3n) is 6.99. The number of halogens is 2. The normalized spacial score (nSPS) is 19.9. The largest absolute Gasteiger partial charge is 0.402 e. The number of likely N-dealkylation sites (N-methyl/N-ethyl adjacent to an activating group) is 1. The highest BCUT2D eigenvalue weighted by atomic mass is 35.5. The molecule has 4 rings (SSSR count). The molecule has 2 aliphatic rings. The predicted molar refractivity (Wildman–Crippen MR) is 145 cm³/mol. The molecule has 0 aliphatic carbocycles. The smallest absolute Gasteiger partial charge is 0.239 e. The molecule has 1 aromatic heterocycles. The molecule has 198 valence electrons. The number of aryl methyl sites for hydroxylation is 1. The van der Waals surface area contributed by atoms with E-state index in [0.717, 1.165) is 43.4 Å². The number of benzene rings is 1. The lowest BCUT2D eigenvalue weighted by Gasteiger charge is -2.35. The van der Waals surface area contributed by atoms with Crippen LogP contribution in [0, 0.1) is 12.7 Å². The van der Waals surface area contributed by atoms with Gasteiger partial charge in [0.25, 0.3) is 0 Å². The summed E-state index contributed by atoms with van der Waals surface area (Å²) >= 11 is 6.15. The number of rotatable bonds is 6. The maximum Gasteiger partial charge on any atom is 0.239 e. The number of amidine groups is 1. The van der Waals surface area contributed by atoms with E-state index in [0.29, 0.717) is 18.8 Å². The third kappa shape index (κ3) is 6.37. The molecule has 11 heteroatoms. The van der Waals surface area contributed by atoms with Crippen LogP contribution in [0.4, 0.5) is 21.8 Å². The van der Waals surface area contributed by atoms with Crippen LogP contribution in [-0.4, -0.2) is 64.2 Å². The molecule has 2 aliphatic heterocycles. The van der Waals surface area contributed by atoms with Crippen molar-refractivity contribution in [2.45, 2.75) is 51.5 Å². The second-order valence-electron chi connectivity index (χ2n) is 9.84. The van der Waals surface area contributed by atoms with Crippen LogP contribution >= 0.6 is 11.6 Å². The molecule has 37 heavy (non-hydrogen) atoms. The molecule has 2 aromatic rings. The fourth-order valence-electron chi connectivity index (χ4n) is 5.08. The second-order valence-corrected chi connectivity index (χ2v) is 10.2. The fraction of sp³-hybridized carbons (Fsp3) is 0.462. The summed E-state index contributed by atoms with van der Waals surface area (Å²) in [6.07, 6.45) is 6.48. The van der Waals surface area contributed by atoms with Gasteiger partial charge in [-0.25, -0.2) is 14.4 Å². The Kier molecular flexibility index (Phi) is 8.29. The standard InChI is InChI=1S/C26H34ClFN8O/c1-15-11-21(32-26-31-14-19(27)24(34-26)33-23(30)12-16(2)29)20(28)13-18(15)17-6-9-36(10-7-17)25(37)22-5-4-8-35(22)3/h11-14,17,22H,4-10,29H2,1-3H3,(H3,30,31,32,33,34)/b16-12-. The first-order valence-corrected chi connectivity index (χ1v) is 12.9. The molecule has 1 unspecified atom stereocenters. The molecule has 0 spiro atoms. The van der Waals surface area contributed by atoms with Crippen molar-refractivity contribution in [3.63, 3.8) is 0 Å². The molecule has 9 nitrogen and oxygen atoms in total. The van der Waals surface area contributed by atoms with Crippen molar-refractivity contribution < 1.29 is 9.18 Å². The number of nitrogens with two attached hydrogens (primary N) is 2. The van der Waals surface area contributed by atoms with E-state index in [1.165, 1.54) is 12.3 Å². The lowest BCUT2D eigenvalue weighted by atomic mass is 9.86. The van der Waals surface area contributed by atoms with E-state index in [2.05, 4.69) is 25.2 Å². The number of carbonyl (C=O) groups is 1. The Morgan fingerprint density at radius 2 is 1.97 bits per heavy atom. The minimum absolute atomic E-state index is 0.0000606. The zero-order valence-corrected chi connectivity index (χ0v) is 22.2. The number of aliphatic imine (C=N–C) groups is 1. The van der Waals surface area contributed by atoms with Gasteiger partial charge in [0.1, 0.15) is 16.7 Å². The number of aromatic nitrogens is 2. The number of amides is 1. The molecule has 0 radical (unpaired) electrons. The van der Waals surface area contributed by atoms with Gasteiger partial charge in [0.15, 0.2) is 5.82 Å². The molecule has 0 saturated carbocycles. The number of piperidine rings is 1. The SMILES string of the molecule is C/C(N)=C/C(N)=Nc1nc(Nc2cc(C)c(C3CCN(C(=O)C4CCCN4C)CC3)cc2F)ncc1Cl. The van der Waals surface area contributed by atoms with Gasteiger partial charge in [0, 0.05) is 18.8 Å². The van der Waals surface area contributed by atoms with Gasteiger partial charge in [-0.3, -0.25) is 9.69 Å². The Bertz CT molecular complexity index is 1220. The molecule has 0 bridgehead atoms. The zero-order valence-electron chi connectivity index (χ0n) is 21.5. The molecule has 1 amide bonds. The van der Waals surface area contributed by atoms with Crippen molar-refractivity contribution in [3.8, 4) is 0 Å². The highest BCUT2D eigenvalue weighted by molar-refractivity contribution is 6.32. The fourth-order valence-corrected chi connectivity index (χ4v) is 5.21. The van der Waals surface area contributed by atoms with Crippen LogP contribution in [0.2, 0.25) is 5.02 Å². The summed E-state index contributed by atoms with van der Waals surface area (Å²) in [5.74, 6) is 0.441. The van der Waals surface area contributed by atoms with Crippen molar-refractivity contribution in [1.29, 1.82) is 0 Å². The van der Waals surface area contributed by atoms with Gasteiger partial charge in [-0.1, -0.05) is 11.6 Å². The van der Waals surface area contributed by atoms with Crippen molar-refractivity contribution in [2.75, 3.05) is 32.0 Å². The van der Waals surface area contributed by atoms with Gasteiger partial charge in [-0.15, -0.1) is 0 Å². The van der Waals surface area contributed by atoms with Gasteiger partial charge in [-0.2, -0.15) is 4.98 Å². The molecular formula is C26H34ClFN8O. The highest BCUT2D eigenvalue weighted by Gasteiger charge is 2.33. The summed E-state index contributed by atoms with van der Waals surface area (Å²) in [6, 6.07) is 3.33. The van der Waals surface area contributed by atoms with Crippen LogP contribution in [0.3, 0.4) is 0 Å². The number of hydrogen-bond donors (Lipinski definition) is 3. The van der Waals surface area contributed by atoms with Gasteiger partial charge >= 0.3 is 0 Å². The lowest BCUT2D eigenvalue weighted by molar-refractivity contribution is -0.136. The van der Waals surface area contributed by atoms with Crippen molar-refractivity contribution in [2.24, 2.45) is 16.5 Å². The topological polar surface area (TPSA) is 126 Å². The van der Waals surface area contributed by atoms with Gasteiger partial charge in [-0.05, 0) is 88.4 Å². The first-order chi connectivity index (χ1) is 17.6. The zero-order chi connectivity index (χ0) is 26.7. The van der Waals surface area contributed by atoms with Gasteiger partial charge < -0.3 is 21.7 Å². The number of nitrogens with zero attached hydrogens (tertiary/aromatic N) is 5. The number of allylic oxidation sites excluding steroid dienone is 1. The number of likely N-dealkylation sites (tertiary alicyclic amines) is 2. The summed E-state index contributed by atoms with van der Waals surface area (Å²) in [5.41, 5.74) is 14.1. The van der Waals surface area contributed by atoms with Crippen LogP contribution < -0.4 is 16.8 Å². The number of nitrogens with one attached hydrogen (secondary N) is 1. The summed E-state index contributed by atoms with van der Waals surface area (Å²) in [5, 5.41) is 3.12. The minimum atomic E-state index is -0.406. The van der Waals surface area contributed by atoms with Crippen molar-refractivity contribution in [1.82, 2.24) is 19.8 Å². The Morgan fingerprint density at radius 3 is 2.62 bits per heavy atom. The van der Waals surface area contributed by atoms with Gasteiger partial charge in [0.05, 0.1) is 17.9 Å². The number of hydrogen-bond acceptors (Lipinski definition) is 7. The predicted octanol–water partition coefficient (Wildman–Crippen LogP) is 3.97. The van der Waals surface area contributed by atoms with Crippen LogP contribution in [-0.2, 0) is 4.79 Å². The average Bonchev–Trinajstić information content (AvgIpc) is 3.28. The van der Waals surface area contributed by atoms with Crippen molar-refractivity contribution >= 4 is 40.8 Å². The monoisotopic (exact) mass is 528 g/mol. The van der Waals surface area contributed by atoms with E-state index in [9.17, 15) is 4.79 Å². The molecule has 5 N–H and O–H groups in total. The van der Waals surface area contributed by atoms with Crippen LogP contribution in [0.25, 0.3) is 0 Å². The first kappa shape index (κ1) is 26.8. The van der Waals surface area contributed by atoms with E-state index < -0.39 is 5.82 Å². The Labute approximate surface area is 221 Å². The summed E-state index contributed by atoms with van der Waals surface area (Å²) < 4.78 is 15.2. The lowest BCUT2D eigenvalue weighted by Crippen LogP contribution is -2.47. The molecule has 1 aromatic carbocycles. The maximum absolute atomic E-state index is 15.2. The molecule has 2 saturated heterocycles. The summed E-state index contributed by atoms with van der Waals surface area (Å²) in [6.45, 7) is 6.01. The van der Waals surface area contributed by atoms with E-state index in [1.807, 2.05) is 18.9 Å². The summed E-state index contributed by atoms with van der Waals surface area (Å²) in [4.78, 5) is 29.6. The molecule has 3 heterocycles. The minimum Gasteiger partial charge on any atom is -0.402 e. The Hall–Kier alpha value is -3.24.